The van der Waals surface area contributed by atoms with Gasteiger partial charge in [-0.3, -0.25) is 0 Å². The van der Waals surface area contributed by atoms with Gasteiger partial charge in [-0.15, -0.1) is 0 Å². The molecule has 2 atom stereocenters. The summed E-state index contributed by atoms with van der Waals surface area (Å²) in [5, 5.41) is 10.3. The third-order valence-electron chi connectivity index (χ3n) is 9.01. The molecule has 37 heavy (non-hydrogen) atoms. The van der Waals surface area contributed by atoms with Gasteiger partial charge in [0.15, 0.2) is 11.6 Å². The molecule has 2 aliphatic rings. The molecule has 6 aromatic rings. The highest BCUT2D eigenvalue weighted by atomic mass is 19.2. The molecule has 0 fully saturated rings. The van der Waals surface area contributed by atoms with Gasteiger partial charge in [0, 0.05) is 5.92 Å². The summed E-state index contributed by atoms with van der Waals surface area (Å²) >= 11 is 0. The maximum absolute atomic E-state index is 15.0. The van der Waals surface area contributed by atoms with Crippen LogP contribution in [0.2, 0.25) is 0 Å². The van der Waals surface area contributed by atoms with Crippen LogP contribution < -0.4 is 0 Å². The van der Waals surface area contributed by atoms with Crippen molar-refractivity contribution in [1.29, 1.82) is 0 Å². The zero-order chi connectivity index (χ0) is 25.1. The maximum Gasteiger partial charge on any atom is 0.159 e. The monoisotopic (exact) mass is 482 g/mol. The van der Waals surface area contributed by atoms with E-state index in [1.165, 1.54) is 28.6 Å². The predicted octanol–water partition coefficient (Wildman–Crippen LogP) is 9.85. The Balaban J connectivity index is 1.73. The number of hydrogen-bond donors (Lipinski definition) is 0. The molecule has 0 saturated carbocycles. The van der Waals surface area contributed by atoms with E-state index in [0.717, 1.165) is 48.5 Å². The van der Waals surface area contributed by atoms with Gasteiger partial charge in [0.2, 0.25) is 0 Å². The summed E-state index contributed by atoms with van der Waals surface area (Å²) in [5.74, 6) is -1.01. The van der Waals surface area contributed by atoms with Crippen molar-refractivity contribution in [3.63, 3.8) is 0 Å². The summed E-state index contributed by atoms with van der Waals surface area (Å²) in [4.78, 5) is 0. The first-order valence-corrected chi connectivity index (χ1v) is 12.9. The van der Waals surface area contributed by atoms with Gasteiger partial charge < -0.3 is 0 Å². The summed E-state index contributed by atoms with van der Waals surface area (Å²) in [5.41, 5.74) is 2.38. The Kier molecular flexibility index (Phi) is 4.01. The lowest BCUT2D eigenvalue weighted by molar-refractivity contribution is 0.396. The van der Waals surface area contributed by atoms with Crippen molar-refractivity contribution in [2.24, 2.45) is 5.92 Å². The predicted molar refractivity (Wildman–Crippen MR) is 151 cm³/mol. The fourth-order valence-electron chi connectivity index (χ4n) is 7.50. The van der Waals surface area contributed by atoms with Gasteiger partial charge in [0.05, 0.1) is 0 Å². The van der Waals surface area contributed by atoms with Crippen LogP contribution in [0.4, 0.5) is 8.78 Å². The second-order valence-electron chi connectivity index (χ2n) is 11.1. The first kappa shape index (κ1) is 21.1. The van der Waals surface area contributed by atoms with Crippen molar-refractivity contribution in [3.8, 4) is 0 Å². The smallest absolute Gasteiger partial charge is 0.159 e. The van der Waals surface area contributed by atoms with Gasteiger partial charge in [0.1, 0.15) is 0 Å². The van der Waals surface area contributed by atoms with E-state index in [2.05, 4.69) is 86.7 Å². The highest BCUT2D eigenvalue weighted by Crippen LogP contribution is 2.57. The summed E-state index contributed by atoms with van der Waals surface area (Å²) < 4.78 is 30.0. The molecule has 2 aliphatic carbocycles. The third-order valence-corrected chi connectivity index (χ3v) is 9.01. The van der Waals surface area contributed by atoms with E-state index < -0.39 is 11.6 Å². The lowest BCUT2D eigenvalue weighted by atomic mass is 9.73. The Morgan fingerprint density at radius 2 is 1.11 bits per heavy atom. The van der Waals surface area contributed by atoms with Crippen LogP contribution >= 0.6 is 0 Å². The first-order valence-electron chi connectivity index (χ1n) is 12.9. The van der Waals surface area contributed by atoms with E-state index in [4.69, 9.17) is 0 Å². The zero-order valence-corrected chi connectivity index (χ0v) is 20.6. The average molecular weight is 483 g/mol. The van der Waals surface area contributed by atoms with Crippen molar-refractivity contribution in [3.05, 3.63) is 120 Å². The minimum Gasteiger partial charge on any atom is -0.204 e. The van der Waals surface area contributed by atoms with E-state index in [1.807, 2.05) is 12.1 Å². The molecule has 6 aromatic carbocycles. The highest BCUT2D eigenvalue weighted by Gasteiger charge is 2.45. The van der Waals surface area contributed by atoms with Crippen molar-refractivity contribution in [2.45, 2.75) is 25.2 Å². The van der Waals surface area contributed by atoms with E-state index in [1.54, 1.807) is 0 Å². The lowest BCUT2D eigenvalue weighted by Gasteiger charge is -2.30. The Bertz CT molecular complexity index is 2040. The molecule has 0 saturated heterocycles. The molecule has 2 unspecified atom stereocenters. The molecule has 0 bridgehead atoms. The van der Waals surface area contributed by atoms with Crippen molar-refractivity contribution < 1.29 is 8.78 Å². The minimum atomic E-state index is -0.809. The molecule has 8 rings (SSSR count). The number of benzene rings is 6. The van der Waals surface area contributed by atoms with Crippen molar-refractivity contribution >= 4 is 53.9 Å². The van der Waals surface area contributed by atoms with E-state index in [-0.39, 0.29) is 11.3 Å². The summed E-state index contributed by atoms with van der Waals surface area (Å²) in [6.45, 7) is 4.60. The number of allylic oxidation sites excluding steroid dienone is 4. The van der Waals surface area contributed by atoms with Gasteiger partial charge in [-0.1, -0.05) is 98.8 Å². The summed E-state index contributed by atoms with van der Waals surface area (Å²) in [7, 11) is 0. The Labute approximate surface area is 213 Å². The summed E-state index contributed by atoms with van der Waals surface area (Å²) in [6, 6.07) is 24.1. The number of rotatable bonds is 0. The van der Waals surface area contributed by atoms with Crippen LogP contribution in [0.1, 0.15) is 30.9 Å². The first-order chi connectivity index (χ1) is 18.0. The normalized spacial score (nSPS) is 19.9. The van der Waals surface area contributed by atoms with Crippen LogP contribution in [-0.4, -0.2) is 0 Å². The van der Waals surface area contributed by atoms with Crippen LogP contribution in [-0.2, 0) is 5.41 Å². The molecule has 178 valence electrons. The van der Waals surface area contributed by atoms with Gasteiger partial charge in [-0.2, -0.15) is 0 Å². The molecule has 0 spiro atoms. The van der Waals surface area contributed by atoms with Crippen LogP contribution in [0.5, 0.6) is 0 Å². The fourth-order valence-corrected chi connectivity index (χ4v) is 7.50. The largest absolute Gasteiger partial charge is 0.204 e. The van der Waals surface area contributed by atoms with Crippen LogP contribution in [0.25, 0.3) is 53.9 Å². The van der Waals surface area contributed by atoms with Crippen LogP contribution in [0, 0.1) is 17.6 Å². The lowest BCUT2D eigenvalue weighted by Crippen LogP contribution is -2.24. The molecular formula is C35H24F2. The van der Waals surface area contributed by atoms with Crippen molar-refractivity contribution in [2.75, 3.05) is 0 Å². The molecule has 0 N–H and O–H groups in total. The van der Waals surface area contributed by atoms with E-state index >= 15 is 0 Å². The Morgan fingerprint density at radius 3 is 1.76 bits per heavy atom. The zero-order valence-electron chi connectivity index (χ0n) is 20.6. The number of hydrogen-bond acceptors (Lipinski definition) is 0. The molecule has 0 amide bonds. The summed E-state index contributed by atoms with van der Waals surface area (Å²) in [6.07, 6.45) is 8.86. The molecule has 0 aliphatic heterocycles. The van der Waals surface area contributed by atoms with E-state index in [0.29, 0.717) is 5.92 Å². The molecule has 0 radical (unpaired) electrons. The maximum atomic E-state index is 15.0. The number of fused-ring (bicyclic) bond motifs is 15. The molecule has 2 heteroatoms. The van der Waals surface area contributed by atoms with Crippen molar-refractivity contribution in [1.82, 2.24) is 0 Å². The van der Waals surface area contributed by atoms with Gasteiger partial charge in [0.25, 0.3) is 0 Å². The quantitative estimate of drug-likeness (QED) is 0.189. The third kappa shape index (κ3) is 2.56. The second kappa shape index (κ2) is 7.04. The SMILES string of the molecule is CC1(C)c2c(ccc3c2c2cc(F)c(F)cc2c2c4ccccc4c4ccccc4c32)C2C=CC=CC21. The Hall–Kier alpha value is -4.04. The van der Waals surface area contributed by atoms with Gasteiger partial charge in [-0.05, 0) is 88.5 Å². The molecular weight excluding hydrogens is 458 g/mol. The second-order valence-corrected chi connectivity index (χ2v) is 11.1. The highest BCUT2D eigenvalue weighted by molar-refractivity contribution is 6.39. The molecule has 0 heterocycles. The standard InChI is InChI=1S/C35H24F2/c1-35(2)28-14-8-7-11-21(28)24-15-16-25-31-22-12-5-3-9-19(22)20-10-4-6-13-23(20)32(31)26-17-29(36)30(37)18-27(26)33(25)34(24)35/h3-18,21,28H,1-2H3. The van der Waals surface area contributed by atoms with Crippen LogP contribution in [0.15, 0.2) is 97.1 Å². The fraction of sp³-hybridized carbons (Fsp3) is 0.143. The minimum absolute atomic E-state index is 0.168. The van der Waals surface area contributed by atoms with E-state index in [9.17, 15) is 8.78 Å². The topological polar surface area (TPSA) is 0 Å². The Morgan fingerprint density at radius 1 is 0.568 bits per heavy atom. The van der Waals surface area contributed by atoms with Gasteiger partial charge in [-0.25, -0.2) is 8.78 Å². The molecule has 0 nitrogen and oxygen atoms in total. The molecule has 0 aromatic heterocycles. The number of halogens is 2. The average Bonchev–Trinajstić information content (AvgIpc) is 3.16. The van der Waals surface area contributed by atoms with Gasteiger partial charge >= 0.3 is 0 Å². The van der Waals surface area contributed by atoms with Crippen LogP contribution in [0.3, 0.4) is 0 Å².